The molecule has 0 radical (unpaired) electrons. The molecule has 0 spiro atoms. The number of nitrogens with one attached hydrogen (secondary N) is 1. The summed E-state index contributed by atoms with van der Waals surface area (Å²) < 4.78 is 5.08. The summed E-state index contributed by atoms with van der Waals surface area (Å²) in [6.45, 7) is 3.86. The van der Waals surface area contributed by atoms with Crippen molar-refractivity contribution in [2.45, 2.75) is 9.79 Å². The molecule has 24 heavy (non-hydrogen) atoms. The Balaban J connectivity index is 2.14. The van der Waals surface area contributed by atoms with Gasteiger partial charge in [-0.2, -0.15) is 4.99 Å². The van der Waals surface area contributed by atoms with E-state index in [-0.39, 0.29) is 0 Å². The molecule has 124 valence electrons. The third kappa shape index (κ3) is 5.37. The molecule has 0 atom stereocenters. The minimum Gasteiger partial charge on any atom is -0.481 e. The first-order chi connectivity index (χ1) is 11.6. The van der Waals surface area contributed by atoms with E-state index in [1.807, 2.05) is 48.5 Å². The second kappa shape index (κ2) is 9.05. The lowest BCUT2D eigenvalue weighted by atomic mass is 10.3. The van der Waals surface area contributed by atoms with E-state index in [9.17, 15) is 0 Å². The van der Waals surface area contributed by atoms with Gasteiger partial charge in [0.05, 0.1) is 12.1 Å². The van der Waals surface area contributed by atoms with Crippen LogP contribution in [0, 0.1) is 0 Å². The highest BCUT2D eigenvalue weighted by Crippen LogP contribution is 2.35. The summed E-state index contributed by atoms with van der Waals surface area (Å²) in [5, 5.41) is 3.80. The lowest BCUT2D eigenvalue weighted by Crippen LogP contribution is -2.03. The topological polar surface area (TPSA) is 59.6 Å². The summed E-state index contributed by atoms with van der Waals surface area (Å²) >= 11 is 7.88. The lowest BCUT2D eigenvalue weighted by Gasteiger charge is -2.10. The molecule has 2 aromatic carbocycles. The molecule has 0 aliphatic heterocycles. The van der Waals surface area contributed by atoms with Crippen molar-refractivity contribution in [1.29, 1.82) is 0 Å². The van der Waals surface area contributed by atoms with Crippen molar-refractivity contribution < 1.29 is 4.74 Å². The first-order valence-electron chi connectivity index (χ1n) is 7.11. The van der Waals surface area contributed by atoms with Crippen molar-refractivity contribution in [2.75, 3.05) is 12.4 Å². The van der Waals surface area contributed by atoms with Crippen molar-refractivity contribution in [3.63, 3.8) is 0 Å². The molecule has 0 aromatic heterocycles. The van der Waals surface area contributed by atoms with Gasteiger partial charge in [0, 0.05) is 21.6 Å². The Hall–Kier alpha value is -2.37. The van der Waals surface area contributed by atoms with E-state index in [1.165, 1.54) is 13.3 Å². The number of methoxy groups -OCH3 is 1. The summed E-state index contributed by atoms with van der Waals surface area (Å²) in [6.07, 6.45) is 2.90. The van der Waals surface area contributed by atoms with Crippen LogP contribution in [-0.4, -0.2) is 13.0 Å². The first-order valence-corrected chi connectivity index (χ1v) is 8.31. The molecular formula is C18H18ClN3OS. The van der Waals surface area contributed by atoms with Crippen LogP contribution in [0.25, 0.3) is 0 Å². The number of hydrogen-bond acceptors (Lipinski definition) is 5. The Labute approximate surface area is 151 Å². The van der Waals surface area contributed by atoms with Crippen LogP contribution in [0.2, 0.25) is 5.02 Å². The van der Waals surface area contributed by atoms with Gasteiger partial charge in [-0.25, -0.2) is 0 Å². The van der Waals surface area contributed by atoms with Gasteiger partial charge in [-0.1, -0.05) is 48.1 Å². The van der Waals surface area contributed by atoms with Crippen molar-refractivity contribution in [3.05, 3.63) is 78.2 Å². The molecule has 0 bridgehead atoms. The molecule has 0 amide bonds. The number of rotatable bonds is 6. The van der Waals surface area contributed by atoms with Crippen molar-refractivity contribution >= 4 is 34.9 Å². The van der Waals surface area contributed by atoms with Gasteiger partial charge in [-0.15, -0.1) is 0 Å². The van der Waals surface area contributed by atoms with E-state index in [0.717, 1.165) is 15.5 Å². The number of benzene rings is 2. The maximum atomic E-state index is 6.29. The van der Waals surface area contributed by atoms with Crippen LogP contribution in [0.15, 0.2) is 88.0 Å². The van der Waals surface area contributed by atoms with Crippen LogP contribution in [0.1, 0.15) is 0 Å². The maximum absolute atomic E-state index is 6.29. The summed E-state index contributed by atoms with van der Waals surface area (Å²) in [7, 11) is 1.52. The minimum atomic E-state index is 0.364. The summed E-state index contributed by atoms with van der Waals surface area (Å²) in [6, 6.07) is 15.7. The number of ether oxygens (including phenoxy) is 1. The first kappa shape index (κ1) is 18.0. The SMILES string of the molecule is C=C(/N=C(\C=C/N)OC)Nc1ccc(Cl)c(Sc2ccccc2)c1. The zero-order valence-electron chi connectivity index (χ0n) is 13.2. The molecule has 0 aliphatic rings. The largest absolute Gasteiger partial charge is 0.481 e. The molecule has 4 nitrogen and oxygen atoms in total. The van der Waals surface area contributed by atoms with Gasteiger partial charge in [-0.3, -0.25) is 0 Å². The molecular weight excluding hydrogens is 342 g/mol. The molecule has 6 heteroatoms. The minimum absolute atomic E-state index is 0.364. The van der Waals surface area contributed by atoms with Gasteiger partial charge < -0.3 is 15.8 Å². The number of nitrogens with zero attached hydrogens (tertiary/aromatic N) is 1. The smallest absolute Gasteiger partial charge is 0.216 e. The molecule has 2 rings (SSSR count). The monoisotopic (exact) mass is 359 g/mol. The molecule has 0 unspecified atom stereocenters. The Bertz CT molecular complexity index is 760. The second-order valence-corrected chi connectivity index (χ2v) is 6.17. The van der Waals surface area contributed by atoms with Gasteiger partial charge in [0.25, 0.3) is 0 Å². The molecule has 3 N–H and O–H groups in total. The van der Waals surface area contributed by atoms with Gasteiger partial charge >= 0.3 is 0 Å². The number of nitrogens with two attached hydrogens (primary N) is 1. The lowest BCUT2D eigenvalue weighted by molar-refractivity contribution is 0.406. The fraction of sp³-hybridized carbons (Fsp3) is 0.0556. The number of halogens is 1. The van der Waals surface area contributed by atoms with E-state index in [2.05, 4.69) is 16.9 Å². The maximum Gasteiger partial charge on any atom is 0.216 e. The van der Waals surface area contributed by atoms with Gasteiger partial charge in [-0.05, 0) is 36.5 Å². The van der Waals surface area contributed by atoms with Crippen LogP contribution >= 0.6 is 23.4 Å². The Kier molecular flexibility index (Phi) is 6.78. The second-order valence-electron chi connectivity index (χ2n) is 4.65. The van der Waals surface area contributed by atoms with Crippen molar-refractivity contribution in [3.8, 4) is 0 Å². The van der Waals surface area contributed by atoms with E-state index < -0.39 is 0 Å². The average Bonchev–Trinajstić information content (AvgIpc) is 2.58. The van der Waals surface area contributed by atoms with Gasteiger partial charge in [0.1, 0.15) is 5.82 Å². The zero-order chi connectivity index (χ0) is 17.4. The fourth-order valence-electron chi connectivity index (χ4n) is 1.84. The summed E-state index contributed by atoms with van der Waals surface area (Å²) in [5.74, 6) is 0.797. The van der Waals surface area contributed by atoms with Crippen molar-refractivity contribution in [1.82, 2.24) is 0 Å². The Morgan fingerprint density at radius 3 is 2.71 bits per heavy atom. The highest BCUT2D eigenvalue weighted by molar-refractivity contribution is 7.99. The quantitative estimate of drug-likeness (QED) is 0.569. The predicted octanol–water partition coefficient (Wildman–Crippen LogP) is 4.89. The highest BCUT2D eigenvalue weighted by Gasteiger charge is 2.05. The molecule has 0 saturated carbocycles. The zero-order valence-corrected chi connectivity index (χ0v) is 14.8. The average molecular weight is 360 g/mol. The van der Waals surface area contributed by atoms with Crippen LogP contribution in [0.4, 0.5) is 5.69 Å². The molecule has 0 fully saturated rings. The predicted molar refractivity (Wildman–Crippen MR) is 103 cm³/mol. The number of anilines is 1. The van der Waals surface area contributed by atoms with E-state index in [0.29, 0.717) is 16.7 Å². The van der Waals surface area contributed by atoms with E-state index >= 15 is 0 Å². The molecule has 0 aliphatic carbocycles. The van der Waals surface area contributed by atoms with Crippen molar-refractivity contribution in [2.24, 2.45) is 10.7 Å². The third-order valence-electron chi connectivity index (χ3n) is 2.88. The van der Waals surface area contributed by atoms with Crippen LogP contribution in [-0.2, 0) is 4.74 Å². The molecule has 0 saturated heterocycles. The molecule has 2 aromatic rings. The third-order valence-corrected chi connectivity index (χ3v) is 4.39. The fourth-order valence-corrected chi connectivity index (χ4v) is 2.97. The van der Waals surface area contributed by atoms with Gasteiger partial charge in [0.2, 0.25) is 5.90 Å². The summed E-state index contributed by atoms with van der Waals surface area (Å²) in [4.78, 5) is 6.26. The molecule has 0 heterocycles. The normalized spacial score (nSPS) is 11.5. The number of hydrogen-bond donors (Lipinski definition) is 2. The number of aliphatic imine (C=N–C) groups is 1. The van der Waals surface area contributed by atoms with Crippen LogP contribution in [0.3, 0.4) is 0 Å². The van der Waals surface area contributed by atoms with Crippen LogP contribution in [0.5, 0.6) is 0 Å². The van der Waals surface area contributed by atoms with Gasteiger partial charge in [0.15, 0.2) is 0 Å². The van der Waals surface area contributed by atoms with E-state index in [4.69, 9.17) is 22.1 Å². The highest BCUT2D eigenvalue weighted by atomic mass is 35.5. The Morgan fingerprint density at radius 2 is 2.04 bits per heavy atom. The summed E-state index contributed by atoms with van der Waals surface area (Å²) in [5.41, 5.74) is 6.17. The Morgan fingerprint density at radius 1 is 1.29 bits per heavy atom. The van der Waals surface area contributed by atoms with Crippen LogP contribution < -0.4 is 11.1 Å². The standard InChI is InChI=1S/C18H18ClN3OS/c1-13(22-18(23-2)10-11-20)21-14-8-9-16(19)17(12-14)24-15-6-4-3-5-7-15/h3-12,21H,1,20H2,2H3/b11-10-,22-18+. The van der Waals surface area contributed by atoms with E-state index in [1.54, 1.807) is 17.8 Å².